The lowest BCUT2D eigenvalue weighted by Crippen LogP contribution is -2.43. The Bertz CT molecular complexity index is 919. The Morgan fingerprint density at radius 1 is 1.07 bits per heavy atom. The smallest absolute Gasteiger partial charge is 0.243 e. The molecule has 0 atom stereocenters. The summed E-state index contributed by atoms with van der Waals surface area (Å²) in [5.74, 6) is -0.0554. The van der Waals surface area contributed by atoms with Gasteiger partial charge in [0.25, 0.3) is 0 Å². The van der Waals surface area contributed by atoms with Crippen LogP contribution in [0.4, 0.5) is 0 Å². The molecule has 0 bridgehead atoms. The van der Waals surface area contributed by atoms with E-state index in [2.05, 4.69) is 15.9 Å². The van der Waals surface area contributed by atoms with E-state index in [1.165, 1.54) is 4.31 Å². The molecule has 5 nitrogen and oxygen atoms in total. The van der Waals surface area contributed by atoms with Crippen molar-refractivity contribution in [3.8, 4) is 0 Å². The SMILES string of the molecule is Cc1ccc(S(=O)(=O)N2CCC(C(=O)N(C)Cc3ccc(Br)cc3)CC2)cc1. The molecule has 28 heavy (non-hydrogen) atoms. The van der Waals surface area contributed by atoms with Crippen LogP contribution in [0.2, 0.25) is 0 Å². The van der Waals surface area contributed by atoms with Crippen molar-refractivity contribution in [3.05, 3.63) is 64.1 Å². The van der Waals surface area contributed by atoms with Gasteiger partial charge in [-0.3, -0.25) is 4.79 Å². The fraction of sp³-hybridized carbons (Fsp3) is 0.381. The zero-order valence-corrected chi connectivity index (χ0v) is 18.5. The van der Waals surface area contributed by atoms with Gasteiger partial charge in [-0.15, -0.1) is 0 Å². The van der Waals surface area contributed by atoms with E-state index in [1.807, 2.05) is 31.2 Å². The highest BCUT2D eigenvalue weighted by molar-refractivity contribution is 9.10. The first-order valence-corrected chi connectivity index (χ1v) is 11.6. The summed E-state index contributed by atoms with van der Waals surface area (Å²) in [7, 11) is -1.69. The third kappa shape index (κ3) is 4.82. The molecule has 0 aromatic heterocycles. The number of piperidine rings is 1. The number of hydrogen-bond donors (Lipinski definition) is 0. The lowest BCUT2D eigenvalue weighted by molar-refractivity contribution is -0.135. The van der Waals surface area contributed by atoms with Gasteiger partial charge in [0.1, 0.15) is 0 Å². The molecule has 0 N–H and O–H groups in total. The van der Waals surface area contributed by atoms with E-state index >= 15 is 0 Å². The van der Waals surface area contributed by atoms with Gasteiger partial charge < -0.3 is 4.90 Å². The number of aryl methyl sites for hydroxylation is 1. The van der Waals surface area contributed by atoms with Crippen LogP contribution in [0.15, 0.2) is 57.9 Å². The van der Waals surface area contributed by atoms with Gasteiger partial charge in [0.2, 0.25) is 15.9 Å². The van der Waals surface area contributed by atoms with Crippen molar-refractivity contribution in [2.75, 3.05) is 20.1 Å². The summed E-state index contributed by atoms with van der Waals surface area (Å²) in [5.41, 5.74) is 2.09. The molecular formula is C21H25BrN2O3S. The van der Waals surface area contributed by atoms with E-state index in [-0.39, 0.29) is 11.8 Å². The predicted octanol–water partition coefficient (Wildman–Crippen LogP) is 3.82. The second-order valence-corrected chi connectivity index (χ2v) is 10.2. The number of benzene rings is 2. The highest BCUT2D eigenvalue weighted by atomic mass is 79.9. The fourth-order valence-electron chi connectivity index (χ4n) is 3.46. The Morgan fingerprint density at radius 3 is 2.21 bits per heavy atom. The van der Waals surface area contributed by atoms with Gasteiger partial charge in [0.15, 0.2) is 0 Å². The maximum absolute atomic E-state index is 12.8. The summed E-state index contributed by atoms with van der Waals surface area (Å²) in [6.07, 6.45) is 1.10. The normalized spacial score (nSPS) is 16.1. The standard InChI is InChI=1S/C21H25BrN2O3S/c1-16-3-9-20(10-4-16)28(26,27)24-13-11-18(12-14-24)21(25)23(2)15-17-5-7-19(22)8-6-17/h3-10,18H,11-15H2,1-2H3. The molecule has 1 saturated heterocycles. The van der Waals surface area contributed by atoms with Crippen LogP contribution in [0.3, 0.4) is 0 Å². The van der Waals surface area contributed by atoms with Crippen LogP contribution in [-0.4, -0.2) is 43.7 Å². The van der Waals surface area contributed by atoms with Crippen molar-refractivity contribution in [1.29, 1.82) is 0 Å². The van der Waals surface area contributed by atoms with Crippen molar-refractivity contribution >= 4 is 31.9 Å². The van der Waals surface area contributed by atoms with Crippen LogP contribution >= 0.6 is 15.9 Å². The van der Waals surface area contributed by atoms with Gasteiger partial charge in [-0.1, -0.05) is 45.8 Å². The van der Waals surface area contributed by atoms with E-state index < -0.39 is 10.0 Å². The third-order valence-electron chi connectivity index (χ3n) is 5.17. The number of rotatable bonds is 5. The first-order valence-electron chi connectivity index (χ1n) is 9.33. The first-order chi connectivity index (χ1) is 13.3. The lowest BCUT2D eigenvalue weighted by Gasteiger charge is -2.32. The zero-order chi connectivity index (χ0) is 20.3. The minimum Gasteiger partial charge on any atom is -0.341 e. The van der Waals surface area contributed by atoms with Crippen molar-refractivity contribution in [3.63, 3.8) is 0 Å². The summed E-state index contributed by atoms with van der Waals surface area (Å²) in [4.78, 5) is 14.8. The van der Waals surface area contributed by atoms with Crippen LogP contribution in [0.5, 0.6) is 0 Å². The third-order valence-corrected chi connectivity index (χ3v) is 7.61. The van der Waals surface area contributed by atoms with E-state index in [0.29, 0.717) is 37.4 Å². The number of amides is 1. The molecule has 1 aliphatic heterocycles. The van der Waals surface area contributed by atoms with Crippen molar-refractivity contribution in [2.45, 2.75) is 31.2 Å². The fourth-order valence-corrected chi connectivity index (χ4v) is 5.19. The maximum Gasteiger partial charge on any atom is 0.243 e. The Labute approximate surface area is 175 Å². The highest BCUT2D eigenvalue weighted by Crippen LogP contribution is 2.25. The number of hydrogen-bond acceptors (Lipinski definition) is 3. The molecule has 0 aliphatic carbocycles. The predicted molar refractivity (Wildman–Crippen MR) is 113 cm³/mol. The Morgan fingerprint density at radius 2 is 1.64 bits per heavy atom. The summed E-state index contributed by atoms with van der Waals surface area (Å²) in [6.45, 7) is 3.23. The van der Waals surface area contributed by atoms with Gasteiger partial charge in [-0.2, -0.15) is 4.31 Å². The minimum atomic E-state index is -3.50. The molecule has 0 spiro atoms. The van der Waals surface area contributed by atoms with Crippen LogP contribution in [-0.2, 0) is 21.4 Å². The van der Waals surface area contributed by atoms with E-state index in [4.69, 9.17) is 0 Å². The summed E-state index contributed by atoms with van der Waals surface area (Å²) in [6, 6.07) is 14.8. The van der Waals surface area contributed by atoms with Crippen molar-refractivity contribution in [2.24, 2.45) is 5.92 Å². The minimum absolute atomic E-state index is 0.0790. The Hall–Kier alpha value is -1.70. The molecule has 1 fully saturated rings. The summed E-state index contributed by atoms with van der Waals surface area (Å²) < 4.78 is 28.1. The first kappa shape index (κ1) is 21.0. The van der Waals surface area contributed by atoms with Crippen molar-refractivity contribution in [1.82, 2.24) is 9.21 Å². The van der Waals surface area contributed by atoms with Crippen LogP contribution < -0.4 is 0 Å². The van der Waals surface area contributed by atoms with E-state index in [9.17, 15) is 13.2 Å². The van der Waals surface area contributed by atoms with Crippen LogP contribution in [0, 0.1) is 12.8 Å². The molecule has 0 saturated carbocycles. The van der Waals surface area contributed by atoms with Crippen LogP contribution in [0.1, 0.15) is 24.0 Å². The molecule has 2 aromatic carbocycles. The topological polar surface area (TPSA) is 57.7 Å². The van der Waals surface area contributed by atoms with Gasteiger partial charge in [0.05, 0.1) is 4.90 Å². The molecule has 3 rings (SSSR count). The second kappa shape index (κ2) is 8.76. The summed E-state index contributed by atoms with van der Waals surface area (Å²) >= 11 is 3.41. The Balaban J connectivity index is 1.58. The molecule has 2 aromatic rings. The number of carbonyl (C=O) groups is 1. The number of halogens is 1. The second-order valence-electron chi connectivity index (χ2n) is 7.31. The molecule has 1 heterocycles. The molecule has 1 aliphatic rings. The Kier molecular flexibility index (Phi) is 6.58. The van der Waals surface area contributed by atoms with Crippen LogP contribution in [0.25, 0.3) is 0 Å². The average molecular weight is 465 g/mol. The molecule has 0 radical (unpaired) electrons. The molecular weight excluding hydrogens is 440 g/mol. The number of sulfonamides is 1. The average Bonchev–Trinajstić information content (AvgIpc) is 2.69. The number of carbonyl (C=O) groups excluding carboxylic acids is 1. The number of nitrogens with zero attached hydrogens (tertiary/aromatic N) is 2. The molecule has 1 amide bonds. The monoisotopic (exact) mass is 464 g/mol. The largest absolute Gasteiger partial charge is 0.341 e. The molecule has 7 heteroatoms. The quantitative estimate of drug-likeness (QED) is 0.675. The van der Waals surface area contributed by atoms with Crippen molar-refractivity contribution < 1.29 is 13.2 Å². The van der Waals surface area contributed by atoms with Gasteiger partial charge in [-0.05, 0) is 49.6 Å². The maximum atomic E-state index is 12.8. The van der Waals surface area contributed by atoms with Gasteiger partial charge >= 0.3 is 0 Å². The highest BCUT2D eigenvalue weighted by Gasteiger charge is 2.33. The lowest BCUT2D eigenvalue weighted by atomic mass is 9.96. The van der Waals surface area contributed by atoms with Gasteiger partial charge in [-0.25, -0.2) is 8.42 Å². The van der Waals surface area contributed by atoms with Gasteiger partial charge in [0, 0.05) is 37.1 Å². The zero-order valence-electron chi connectivity index (χ0n) is 16.1. The molecule has 0 unspecified atom stereocenters. The van der Waals surface area contributed by atoms with E-state index in [1.54, 1.807) is 36.2 Å². The van der Waals surface area contributed by atoms with E-state index in [0.717, 1.165) is 15.6 Å². The molecule has 150 valence electrons. The summed E-state index contributed by atoms with van der Waals surface area (Å²) in [5, 5.41) is 0.